The van der Waals surface area contributed by atoms with Crippen LogP contribution in [0.4, 0.5) is 0 Å². The Hall–Kier alpha value is -2.13. The van der Waals surface area contributed by atoms with Crippen LogP contribution in [0.1, 0.15) is 37.7 Å². The number of benzene rings is 1. The molecule has 30 heavy (non-hydrogen) atoms. The molecular weight excluding hydrogens is 388 g/mol. The third-order valence-electron chi connectivity index (χ3n) is 5.66. The van der Waals surface area contributed by atoms with E-state index in [1.165, 1.54) is 0 Å². The van der Waals surface area contributed by atoms with Crippen LogP contribution in [0, 0.1) is 0 Å². The highest BCUT2D eigenvalue weighted by Gasteiger charge is 2.47. The van der Waals surface area contributed by atoms with Crippen LogP contribution < -0.4 is 0 Å². The first-order valence-corrected chi connectivity index (χ1v) is 10.4. The van der Waals surface area contributed by atoms with Crippen molar-refractivity contribution in [3.63, 3.8) is 0 Å². The van der Waals surface area contributed by atoms with Gasteiger partial charge >= 0.3 is 0 Å². The minimum atomic E-state index is -1.34. The molecule has 9 heteroatoms. The molecule has 0 aliphatic carbocycles. The van der Waals surface area contributed by atoms with Gasteiger partial charge in [-0.15, -0.1) is 0 Å². The second-order valence-electron chi connectivity index (χ2n) is 7.81. The number of nitrogens with zero attached hydrogens (tertiary/aromatic N) is 3. The Bertz CT molecular complexity index is 853. The summed E-state index contributed by atoms with van der Waals surface area (Å²) in [4.78, 5) is 5.96. The number of unbranched alkanes of at least 4 members (excludes halogenated alkanes) is 2. The van der Waals surface area contributed by atoms with Gasteiger partial charge in [-0.2, -0.15) is 0 Å². The predicted octanol–water partition coefficient (Wildman–Crippen LogP) is 2.80. The average Bonchev–Trinajstić information content (AvgIpc) is 3.15. The van der Waals surface area contributed by atoms with Crippen molar-refractivity contribution in [1.82, 2.24) is 4.98 Å². The lowest BCUT2D eigenvalue weighted by Gasteiger charge is -2.44. The molecule has 1 saturated heterocycles. The van der Waals surface area contributed by atoms with Gasteiger partial charge in [0, 0.05) is 35.0 Å². The number of nitrogens with one attached hydrogen (secondary N) is 1. The van der Waals surface area contributed by atoms with Crippen LogP contribution in [0.5, 0.6) is 0 Å². The van der Waals surface area contributed by atoms with Gasteiger partial charge in [-0.3, -0.25) is 0 Å². The zero-order chi connectivity index (χ0) is 21.4. The van der Waals surface area contributed by atoms with E-state index in [1.54, 1.807) is 0 Å². The Morgan fingerprint density at radius 2 is 2.13 bits per heavy atom. The third kappa shape index (κ3) is 5.51. The van der Waals surface area contributed by atoms with E-state index in [9.17, 15) is 15.3 Å². The fourth-order valence-electron chi connectivity index (χ4n) is 3.99. The average molecular weight is 418 g/mol. The summed E-state index contributed by atoms with van der Waals surface area (Å²) in [7, 11) is 0. The van der Waals surface area contributed by atoms with E-state index in [0.29, 0.717) is 32.4 Å². The zero-order valence-corrected chi connectivity index (χ0v) is 17.0. The molecular formula is C21H30N4O5. The number of para-hydroxylation sites is 1. The molecule has 2 heterocycles. The molecule has 0 unspecified atom stereocenters. The minimum Gasteiger partial charge on any atom is -0.394 e. The number of azide groups is 1. The number of aromatic amines is 1. The van der Waals surface area contributed by atoms with Gasteiger partial charge in [0.2, 0.25) is 0 Å². The molecule has 1 aromatic heterocycles. The van der Waals surface area contributed by atoms with E-state index in [2.05, 4.69) is 15.0 Å². The van der Waals surface area contributed by atoms with Crippen LogP contribution in [-0.2, 0) is 15.9 Å². The molecule has 0 bridgehead atoms. The largest absolute Gasteiger partial charge is 0.394 e. The molecule has 3 rings (SSSR count). The summed E-state index contributed by atoms with van der Waals surface area (Å²) >= 11 is 0. The van der Waals surface area contributed by atoms with Gasteiger partial charge in [0.25, 0.3) is 0 Å². The lowest BCUT2D eigenvalue weighted by atomic mass is 9.85. The summed E-state index contributed by atoms with van der Waals surface area (Å²) in [6, 6.07) is 8.02. The topological polar surface area (TPSA) is 144 Å². The first-order valence-electron chi connectivity index (χ1n) is 10.4. The van der Waals surface area contributed by atoms with Crippen molar-refractivity contribution in [3.05, 3.63) is 46.5 Å². The van der Waals surface area contributed by atoms with E-state index in [1.807, 2.05) is 30.5 Å². The number of H-pyrrole nitrogens is 1. The molecule has 1 aliphatic heterocycles. The van der Waals surface area contributed by atoms with Crippen molar-refractivity contribution < 1.29 is 24.8 Å². The van der Waals surface area contributed by atoms with Crippen LogP contribution in [0.3, 0.4) is 0 Å². The maximum Gasteiger partial charge on any atom is 0.186 e. The van der Waals surface area contributed by atoms with Crippen LogP contribution in [0.2, 0.25) is 0 Å². The van der Waals surface area contributed by atoms with Crippen molar-refractivity contribution in [3.8, 4) is 0 Å². The van der Waals surface area contributed by atoms with Gasteiger partial charge in [0.1, 0.15) is 11.7 Å². The number of fused-ring (bicyclic) bond motifs is 1. The molecule has 1 fully saturated rings. The second kappa shape index (κ2) is 10.8. The Labute approximate surface area is 175 Å². The smallest absolute Gasteiger partial charge is 0.186 e. The first kappa shape index (κ1) is 22.6. The maximum absolute atomic E-state index is 11.2. The number of aliphatic hydroxyl groups is 3. The Kier molecular flexibility index (Phi) is 8.09. The molecule has 4 atom stereocenters. The van der Waals surface area contributed by atoms with E-state index in [0.717, 1.165) is 29.3 Å². The first-order chi connectivity index (χ1) is 14.6. The molecule has 2 aromatic rings. The van der Waals surface area contributed by atoms with Crippen molar-refractivity contribution in [2.45, 2.75) is 62.6 Å². The fourth-order valence-corrected chi connectivity index (χ4v) is 3.99. The molecule has 0 saturated carbocycles. The van der Waals surface area contributed by atoms with Gasteiger partial charge in [-0.05, 0) is 36.4 Å². The minimum absolute atomic E-state index is 0.0757. The molecule has 1 aromatic carbocycles. The van der Waals surface area contributed by atoms with Crippen LogP contribution in [0.25, 0.3) is 21.3 Å². The highest BCUT2D eigenvalue weighted by molar-refractivity contribution is 5.83. The third-order valence-corrected chi connectivity index (χ3v) is 5.66. The van der Waals surface area contributed by atoms with Crippen molar-refractivity contribution >= 4 is 10.9 Å². The lowest BCUT2D eigenvalue weighted by molar-refractivity contribution is -0.309. The number of hydrogen-bond donors (Lipinski definition) is 4. The molecule has 0 amide bonds. The summed E-state index contributed by atoms with van der Waals surface area (Å²) in [5, 5.41) is 35.5. The quantitative estimate of drug-likeness (QED) is 0.192. The standard InChI is InChI=1S/C21H30N4O5/c22-25-24-10-5-1-4-9-21(28)12-18(27)19(14-26)30-20(21)29-11-8-15-13-23-17-7-3-2-6-16(15)17/h2-3,6-7,13,18-20,23,26-28H,1,4-5,8-12,14H2/t18-,19+,20-,21+/m0/s1. The van der Waals surface area contributed by atoms with Crippen molar-refractivity contribution in [2.75, 3.05) is 19.8 Å². The molecule has 4 N–H and O–H groups in total. The number of aromatic nitrogens is 1. The summed E-state index contributed by atoms with van der Waals surface area (Å²) in [5.74, 6) is 0. The molecule has 1 aliphatic rings. The second-order valence-corrected chi connectivity index (χ2v) is 7.81. The normalized spacial score (nSPS) is 26.6. The lowest BCUT2D eigenvalue weighted by Crippen LogP contribution is -2.58. The van der Waals surface area contributed by atoms with Gasteiger partial charge in [0.05, 0.1) is 19.3 Å². The summed E-state index contributed by atoms with van der Waals surface area (Å²) < 4.78 is 11.6. The number of hydrogen-bond acceptors (Lipinski definition) is 6. The highest BCUT2D eigenvalue weighted by atomic mass is 16.7. The fraction of sp³-hybridized carbons (Fsp3) is 0.619. The van der Waals surface area contributed by atoms with Gasteiger partial charge < -0.3 is 29.8 Å². The number of ether oxygens (including phenoxy) is 2. The van der Waals surface area contributed by atoms with Crippen LogP contribution in [0.15, 0.2) is 35.6 Å². The molecule has 0 spiro atoms. The Morgan fingerprint density at radius 1 is 1.30 bits per heavy atom. The van der Waals surface area contributed by atoms with Crippen LogP contribution in [-0.4, -0.2) is 64.2 Å². The molecule has 164 valence electrons. The Balaban J connectivity index is 1.58. The SMILES string of the molecule is [N-]=[N+]=NCCCCC[C@@]1(O)C[C@H](O)[C@@H](CO)O[C@@H]1OCCc1c[nH]c2ccccc12. The van der Waals surface area contributed by atoms with Gasteiger partial charge in [0.15, 0.2) is 6.29 Å². The molecule has 9 nitrogen and oxygen atoms in total. The van der Waals surface area contributed by atoms with E-state index >= 15 is 0 Å². The van der Waals surface area contributed by atoms with Gasteiger partial charge in [-0.1, -0.05) is 36.2 Å². The monoisotopic (exact) mass is 418 g/mol. The summed E-state index contributed by atoms with van der Waals surface area (Å²) in [6.45, 7) is 0.414. The summed E-state index contributed by atoms with van der Waals surface area (Å²) in [5.41, 5.74) is 9.15. The zero-order valence-electron chi connectivity index (χ0n) is 17.0. The number of aliphatic hydroxyl groups excluding tert-OH is 2. The Morgan fingerprint density at radius 3 is 2.93 bits per heavy atom. The maximum atomic E-state index is 11.2. The molecule has 0 radical (unpaired) electrons. The van der Waals surface area contributed by atoms with E-state index in [4.69, 9.17) is 15.0 Å². The van der Waals surface area contributed by atoms with Crippen LogP contribution >= 0.6 is 0 Å². The number of rotatable bonds is 11. The van der Waals surface area contributed by atoms with E-state index in [-0.39, 0.29) is 13.0 Å². The highest BCUT2D eigenvalue weighted by Crippen LogP contribution is 2.34. The van der Waals surface area contributed by atoms with Gasteiger partial charge in [-0.25, -0.2) is 0 Å². The van der Waals surface area contributed by atoms with Crippen molar-refractivity contribution in [2.24, 2.45) is 5.11 Å². The van der Waals surface area contributed by atoms with Crippen molar-refractivity contribution in [1.29, 1.82) is 0 Å². The predicted molar refractivity (Wildman–Crippen MR) is 112 cm³/mol. The summed E-state index contributed by atoms with van der Waals surface area (Å²) in [6.07, 6.45) is 2.56. The van der Waals surface area contributed by atoms with E-state index < -0.39 is 24.1 Å².